The van der Waals surface area contributed by atoms with Gasteiger partial charge in [-0.1, -0.05) is 25.6 Å². The van der Waals surface area contributed by atoms with E-state index in [9.17, 15) is 30.7 Å². The first-order chi connectivity index (χ1) is 13.1. The monoisotopic (exact) mass is 416 g/mol. The van der Waals surface area contributed by atoms with E-state index in [2.05, 4.69) is 4.74 Å². The fourth-order valence-electron chi connectivity index (χ4n) is 2.57. The van der Waals surface area contributed by atoms with Gasteiger partial charge in [-0.15, -0.1) is 0 Å². The third kappa shape index (κ3) is 4.52. The molecule has 0 aliphatic heterocycles. The lowest BCUT2D eigenvalue weighted by atomic mass is 10.0. The quantitative estimate of drug-likeness (QED) is 0.325. The molecule has 29 heavy (non-hydrogen) atoms. The van der Waals surface area contributed by atoms with E-state index in [-0.39, 0.29) is 30.7 Å². The summed E-state index contributed by atoms with van der Waals surface area (Å²) in [6, 6.07) is 6.97. The smallest absolute Gasteiger partial charge is 0.429 e. The molecule has 0 unspecified atom stereocenters. The maximum Gasteiger partial charge on any atom is 0.429 e. The Bertz CT molecular complexity index is 1020. The summed E-state index contributed by atoms with van der Waals surface area (Å²) >= 11 is 0. The Labute approximate surface area is 162 Å². The summed E-state index contributed by atoms with van der Waals surface area (Å²) in [6.07, 6.45) is -4.33. The fourth-order valence-corrected chi connectivity index (χ4v) is 2.57. The van der Waals surface area contributed by atoms with Crippen LogP contribution in [0, 0.1) is 36.0 Å². The Balaban J connectivity index is 0.00000300. The number of aryl methyl sites for hydroxylation is 1. The lowest BCUT2D eigenvalue weighted by Crippen LogP contribution is -2.23. The normalized spacial score (nSPS) is 11.2. The highest BCUT2D eigenvalue weighted by molar-refractivity contribution is 5.65. The number of alkyl halides is 2. The molecule has 0 fully saturated rings. The van der Waals surface area contributed by atoms with Gasteiger partial charge < -0.3 is 4.74 Å². The van der Waals surface area contributed by atoms with Gasteiger partial charge in [0.05, 0.1) is 5.56 Å². The molecule has 0 saturated heterocycles. The molecule has 3 aromatic carbocycles. The molecule has 154 valence electrons. The maximum absolute atomic E-state index is 14.3. The zero-order valence-corrected chi connectivity index (χ0v) is 14.2. The highest BCUT2D eigenvalue weighted by Gasteiger charge is 2.38. The van der Waals surface area contributed by atoms with E-state index in [1.54, 1.807) is 13.0 Å². The number of hydrogen-bond acceptors (Lipinski definition) is 1. The van der Waals surface area contributed by atoms with Gasteiger partial charge in [0, 0.05) is 17.7 Å². The van der Waals surface area contributed by atoms with Crippen LogP contribution in [0.1, 0.15) is 18.6 Å². The topological polar surface area (TPSA) is 9.23 Å². The predicted molar refractivity (Wildman–Crippen MR) is 94.1 cm³/mol. The van der Waals surface area contributed by atoms with Crippen LogP contribution in [0.4, 0.5) is 30.7 Å². The number of benzene rings is 3. The fraction of sp³-hybridized carbons (Fsp3) is 0.143. The van der Waals surface area contributed by atoms with Crippen molar-refractivity contribution in [1.82, 2.24) is 0 Å². The van der Waals surface area contributed by atoms with Crippen molar-refractivity contribution in [2.45, 2.75) is 20.5 Å². The van der Waals surface area contributed by atoms with Gasteiger partial charge in [0.1, 0.15) is 17.4 Å². The number of halogens is 7. The van der Waals surface area contributed by atoms with Crippen LogP contribution < -0.4 is 4.74 Å². The molecule has 0 heterocycles. The molecule has 0 aromatic heterocycles. The lowest BCUT2D eigenvalue weighted by molar-refractivity contribution is -0.187. The Morgan fingerprint density at radius 3 is 1.90 bits per heavy atom. The third-order valence-electron chi connectivity index (χ3n) is 3.92. The van der Waals surface area contributed by atoms with Gasteiger partial charge in [-0.2, -0.15) is 8.78 Å². The summed E-state index contributed by atoms with van der Waals surface area (Å²) in [4.78, 5) is 0. The Morgan fingerprint density at radius 1 is 0.724 bits per heavy atom. The van der Waals surface area contributed by atoms with Crippen LogP contribution in [0.5, 0.6) is 5.75 Å². The van der Waals surface area contributed by atoms with E-state index >= 15 is 0 Å². The number of rotatable bonds is 4. The predicted octanol–water partition coefficient (Wildman–Crippen LogP) is 7.12. The van der Waals surface area contributed by atoms with Crippen LogP contribution in [-0.2, 0) is 6.11 Å². The van der Waals surface area contributed by atoms with Crippen LogP contribution >= 0.6 is 0 Å². The summed E-state index contributed by atoms with van der Waals surface area (Å²) in [6.45, 7) is 1.65. The van der Waals surface area contributed by atoms with E-state index in [1.807, 2.05) is 0 Å². The van der Waals surface area contributed by atoms with Crippen molar-refractivity contribution in [1.29, 1.82) is 0 Å². The van der Waals surface area contributed by atoms with Crippen LogP contribution in [0.15, 0.2) is 48.5 Å². The highest BCUT2D eigenvalue weighted by atomic mass is 19.3. The first-order valence-corrected chi connectivity index (χ1v) is 7.86. The second-order valence-electron chi connectivity index (χ2n) is 6.00. The first kappa shape index (κ1) is 22.3. The van der Waals surface area contributed by atoms with Crippen molar-refractivity contribution < 1.29 is 35.5 Å². The second kappa shape index (κ2) is 8.14. The van der Waals surface area contributed by atoms with Crippen molar-refractivity contribution in [3.8, 4) is 16.9 Å². The summed E-state index contributed by atoms with van der Waals surface area (Å²) < 4.78 is 100. The van der Waals surface area contributed by atoms with E-state index in [4.69, 9.17) is 0 Å². The van der Waals surface area contributed by atoms with Crippen molar-refractivity contribution in [2.24, 2.45) is 0 Å². The molecule has 0 aliphatic rings. The molecule has 0 N–H and O–H groups in total. The van der Waals surface area contributed by atoms with Gasteiger partial charge in [-0.3, -0.25) is 0 Å². The first-order valence-electron chi connectivity index (χ1n) is 7.86. The minimum absolute atomic E-state index is 0. The molecule has 0 radical (unpaired) electrons. The second-order valence-corrected chi connectivity index (χ2v) is 6.00. The number of hydrogen-bond donors (Lipinski definition) is 0. The standard InChI is InChI=1S/C20H11F7O.CH4/c1-10-2-4-13(15(21)6-10)11-3-5-14(16(22)7-11)20(26,27)28-12-8-17(23)19(25)18(24)9-12;/h2-9H,1H3;1H4. The van der Waals surface area contributed by atoms with Gasteiger partial charge in [-0.05, 0) is 36.2 Å². The lowest BCUT2D eigenvalue weighted by Gasteiger charge is -2.19. The molecule has 8 heteroatoms. The molecule has 0 aliphatic carbocycles. The van der Waals surface area contributed by atoms with Crippen molar-refractivity contribution in [3.63, 3.8) is 0 Å². The third-order valence-corrected chi connectivity index (χ3v) is 3.92. The van der Waals surface area contributed by atoms with Gasteiger partial charge in [0.15, 0.2) is 17.5 Å². The molecular weight excluding hydrogens is 401 g/mol. The summed E-state index contributed by atoms with van der Waals surface area (Å²) in [5.41, 5.74) is -0.609. The zero-order valence-electron chi connectivity index (χ0n) is 14.2. The SMILES string of the molecule is C.Cc1ccc(-c2ccc(C(F)(F)Oc3cc(F)c(F)c(F)c3)c(F)c2)c(F)c1. The average molecular weight is 416 g/mol. The molecular formula is C21H15F7O. The minimum Gasteiger partial charge on any atom is -0.429 e. The summed E-state index contributed by atoms with van der Waals surface area (Å²) in [7, 11) is 0. The van der Waals surface area contributed by atoms with Crippen molar-refractivity contribution in [3.05, 3.63) is 88.7 Å². The Kier molecular flexibility index (Phi) is 6.25. The van der Waals surface area contributed by atoms with E-state index in [1.165, 1.54) is 12.1 Å². The molecule has 0 spiro atoms. The van der Waals surface area contributed by atoms with Crippen molar-refractivity contribution >= 4 is 0 Å². The van der Waals surface area contributed by atoms with Crippen molar-refractivity contribution in [2.75, 3.05) is 0 Å². The van der Waals surface area contributed by atoms with E-state index in [0.717, 1.165) is 6.07 Å². The minimum atomic E-state index is -4.33. The van der Waals surface area contributed by atoms with Crippen LogP contribution in [0.25, 0.3) is 11.1 Å². The zero-order chi connectivity index (χ0) is 20.6. The number of ether oxygens (including phenoxy) is 1. The largest absolute Gasteiger partial charge is 0.429 e. The van der Waals surface area contributed by atoms with Crippen LogP contribution in [0.3, 0.4) is 0 Å². The highest BCUT2D eigenvalue weighted by Crippen LogP contribution is 2.36. The Hall–Kier alpha value is -3.03. The van der Waals surface area contributed by atoms with Crippen LogP contribution in [-0.4, -0.2) is 0 Å². The van der Waals surface area contributed by atoms with E-state index < -0.39 is 46.5 Å². The average Bonchev–Trinajstić information content (AvgIpc) is 2.59. The Morgan fingerprint density at radius 2 is 1.34 bits per heavy atom. The molecule has 0 bridgehead atoms. The van der Waals surface area contributed by atoms with Gasteiger partial charge in [0.2, 0.25) is 0 Å². The summed E-state index contributed by atoms with van der Waals surface area (Å²) in [5, 5.41) is 0. The van der Waals surface area contributed by atoms with Crippen LogP contribution in [0.2, 0.25) is 0 Å². The molecule has 0 atom stereocenters. The molecule has 3 aromatic rings. The van der Waals surface area contributed by atoms with Gasteiger partial charge in [-0.25, -0.2) is 22.0 Å². The van der Waals surface area contributed by atoms with Gasteiger partial charge in [0.25, 0.3) is 0 Å². The van der Waals surface area contributed by atoms with Gasteiger partial charge >= 0.3 is 6.11 Å². The summed E-state index contributed by atoms with van der Waals surface area (Å²) in [5.74, 6) is -8.45. The molecule has 1 nitrogen and oxygen atoms in total. The molecule has 0 saturated carbocycles. The molecule has 0 amide bonds. The van der Waals surface area contributed by atoms with E-state index in [0.29, 0.717) is 17.7 Å². The molecule has 3 rings (SSSR count). The maximum atomic E-state index is 14.3.